The lowest BCUT2D eigenvalue weighted by Crippen LogP contribution is -2.19. The maximum absolute atomic E-state index is 13.2. The number of amides is 1. The summed E-state index contributed by atoms with van der Waals surface area (Å²) in [7, 11) is -0.371. The standard InChI is InChI=1S/C16H18FN3O3S/c1-20(2)15-7-6-13(24(18,22)23)10-14(15)19-16(21)9-11-4-3-5-12(17)8-11/h3-8,10H,9H2,1-2H3,(H,19,21)(H2,18,22,23). The smallest absolute Gasteiger partial charge is 0.238 e. The van der Waals surface area contributed by atoms with E-state index in [-0.39, 0.29) is 11.3 Å². The van der Waals surface area contributed by atoms with Crippen molar-refractivity contribution < 1.29 is 17.6 Å². The molecule has 2 aromatic rings. The average Bonchev–Trinajstić information content (AvgIpc) is 2.45. The van der Waals surface area contributed by atoms with Crippen molar-refractivity contribution in [2.24, 2.45) is 5.14 Å². The van der Waals surface area contributed by atoms with E-state index < -0.39 is 21.7 Å². The van der Waals surface area contributed by atoms with Crippen LogP contribution in [0.4, 0.5) is 15.8 Å². The van der Waals surface area contributed by atoms with Crippen molar-refractivity contribution in [3.8, 4) is 0 Å². The van der Waals surface area contributed by atoms with Crippen LogP contribution in [0.25, 0.3) is 0 Å². The van der Waals surface area contributed by atoms with Crippen LogP contribution in [0.1, 0.15) is 5.56 Å². The summed E-state index contributed by atoms with van der Waals surface area (Å²) in [4.78, 5) is 13.8. The molecule has 6 nitrogen and oxygen atoms in total. The number of sulfonamides is 1. The summed E-state index contributed by atoms with van der Waals surface area (Å²) in [6.45, 7) is 0. The van der Waals surface area contributed by atoms with Crippen LogP contribution >= 0.6 is 0 Å². The predicted octanol–water partition coefficient (Wildman–Crippen LogP) is 1.72. The van der Waals surface area contributed by atoms with Gasteiger partial charge in [0.05, 0.1) is 22.7 Å². The van der Waals surface area contributed by atoms with Crippen molar-refractivity contribution in [3.05, 3.63) is 53.8 Å². The van der Waals surface area contributed by atoms with Crippen molar-refractivity contribution >= 4 is 27.3 Å². The number of halogens is 1. The van der Waals surface area contributed by atoms with Crippen LogP contribution in [0.3, 0.4) is 0 Å². The Kier molecular flexibility index (Phi) is 5.20. The number of rotatable bonds is 5. The molecule has 0 aromatic heterocycles. The minimum Gasteiger partial charge on any atom is -0.376 e. The zero-order valence-corrected chi connectivity index (χ0v) is 14.1. The minimum absolute atomic E-state index is 0.0375. The monoisotopic (exact) mass is 351 g/mol. The molecular weight excluding hydrogens is 333 g/mol. The van der Waals surface area contributed by atoms with E-state index in [1.165, 1.54) is 30.3 Å². The molecule has 0 unspecified atom stereocenters. The second kappa shape index (κ2) is 6.98. The van der Waals surface area contributed by atoms with Crippen LogP contribution in [0.5, 0.6) is 0 Å². The van der Waals surface area contributed by atoms with Gasteiger partial charge in [-0.15, -0.1) is 0 Å². The molecule has 0 aliphatic rings. The van der Waals surface area contributed by atoms with Gasteiger partial charge in [-0.3, -0.25) is 4.79 Å². The third kappa shape index (κ3) is 4.53. The van der Waals surface area contributed by atoms with Gasteiger partial charge in [-0.25, -0.2) is 17.9 Å². The molecule has 0 bridgehead atoms. The summed E-state index contributed by atoms with van der Waals surface area (Å²) in [5, 5.41) is 7.78. The molecule has 3 N–H and O–H groups in total. The molecule has 0 atom stereocenters. The van der Waals surface area contributed by atoms with Crippen LogP contribution < -0.4 is 15.4 Å². The Morgan fingerprint density at radius 2 is 1.92 bits per heavy atom. The highest BCUT2D eigenvalue weighted by Crippen LogP contribution is 2.27. The first kappa shape index (κ1) is 17.9. The van der Waals surface area contributed by atoms with Crippen LogP contribution in [-0.2, 0) is 21.2 Å². The van der Waals surface area contributed by atoms with Crippen molar-refractivity contribution in [1.29, 1.82) is 0 Å². The molecule has 0 radical (unpaired) electrons. The van der Waals surface area contributed by atoms with E-state index in [0.29, 0.717) is 16.9 Å². The third-order valence-electron chi connectivity index (χ3n) is 3.31. The molecule has 0 heterocycles. The molecular formula is C16H18FN3O3S. The quantitative estimate of drug-likeness (QED) is 0.858. The zero-order valence-electron chi connectivity index (χ0n) is 13.3. The van der Waals surface area contributed by atoms with Gasteiger partial charge in [-0.2, -0.15) is 0 Å². The molecule has 0 spiro atoms. The van der Waals surface area contributed by atoms with Crippen molar-refractivity contribution in [2.75, 3.05) is 24.3 Å². The Morgan fingerprint density at radius 3 is 2.50 bits per heavy atom. The Bertz CT molecular complexity index is 867. The number of nitrogens with zero attached hydrogens (tertiary/aromatic N) is 1. The highest BCUT2D eigenvalue weighted by atomic mass is 32.2. The largest absolute Gasteiger partial charge is 0.376 e. The number of carbonyl (C=O) groups is 1. The van der Waals surface area contributed by atoms with Gasteiger partial charge < -0.3 is 10.2 Å². The summed E-state index contributed by atoms with van der Waals surface area (Å²) in [6, 6.07) is 9.94. The Balaban J connectivity index is 2.28. The maximum atomic E-state index is 13.2. The number of hydrogen-bond donors (Lipinski definition) is 2. The van der Waals surface area contributed by atoms with Gasteiger partial charge in [0.2, 0.25) is 15.9 Å². The maximum Gasteiger partial charge on any atom is 0.238 e. The Hall–Kier alpha value is -2.45. The van der Waals surface area contributed by atoms with E-state index in [1.807, 2.05) is 0 Å². The highest BCUT2D eigenvalue weighted by Gasteiger charge is 2.15. The summed E-state index contributed by atoms with van der Waals surface area (Å²) in [5.41, 5.74) is 1.45. The molecule has 0 saturated carbocycles. The number of nitrogens with one attached hydrogen (secondary N) is 1. The molecule has 1 amide bonds. The molecule has 0 aliphatic heterocycles. The zero-order chi connectivity index (χ0) is 17.9. The van der Waals surface area contributed by atoms with E-state index in [0.717, 1.165) is 0 Å². The van der Waals surface area contributed by atoms with Gasteiger partial charge in [0.15, 0.2) is 0 Å². The fourth-order valence-electron chi connectivity index (χ4n) is 2.21. The molecule has 24 heavy (non-hydrogen) atoms. The molecule has 128 valence electrons. The van der Waals surface area contributed by atoms with Crippen LogP contribution in [0.15, 0.2) is 47.4 Å². The van der Waals surface area contributed by atoms with Crippen molar-refractivity contribution in [3.63, 3.8) is 0 Å². The van der Waals surface area contributed by atoms with Gasteiger partial charge in [0.25, 0.3) is 0 Å². The second-order valence-electron chi connectivity index (χ2n) is 5.47. The van der Waals surface area contributed by atoms with Gasteiger partial charge in [0.1, 0.15) is 5.82 Å². The lowest BCUT2D eigenvalue weighted by atomic mass is 10.1. The number of benzene rings is 2. The fraction of sp³-hybridized carbons (Fsp3) is 0.188. The van der Waals surface area contributed by atoms with Gasteiger partial charge >= 0.3 is 0 Å². The summed E-state index contributed by atoms with van der Waals surface area (Å²) < 4.78 is 36.2. The Labute approximate surface area is 140 Å². The van der Waals surface area contributed by atoms with Crippen LogP contribution in [0.2, 0.25) is 0 Å². The average molecular weight is 351 g/mol. The van der Waals surface area contributed by atoms with Gasteiger partial charge in [-0.1, -0.05) is 12.1 Å². The van der Waals surface area contributed by atoms with E-state index >= 15 is 0 Å². The van der Waals surface area contributed by atoms with Crippen molar-refractivity contribution in [2.45, 2.75) is 11.3 Å². The fourth-order valence-corrected chi connectivity index (χ4v) is 2.75. The van der Waals surface area contributed by atoms with E-state index in [4.69, 9.17) is 5.14 Å². The lowest BCUT2D eigenvalue weighted by molar-refractivity contribution is -0.115. The highest BCUT2D eigenvalue weighted by molar-refractivity contribution is 7.89. The molecule has 0 aliphatic carbocycles. The van der Waals surface area contributed by atoms with Crippen LogP contribution in [-0.4, -0.2) is 28.4 Å². The molecule has 2 aromatic carbocycles. The van der Waals surface area contributed by atoms with Gasteiger partial charge in [0, 0.05) is 14.1 Å². The molecule has 2 rings (SSSR count). The van der Waals surface area contributed by atoms with Gasteiger partial charge in [-0.05, 0) is 35.9 Å². The lowest BCUT2D eigenvalue weighted by Gasteiger charge is -2.18. The van der Waals surface area contributed by atoms with E-state index in [9.17, 15) is 17.6 Å². The Morgan fingerprint density at radius 1 is 1.21 bits per heavy atom. The summed E-state index contributed by atoms with van der Waals surface area (Å²) in [5.74, 6) is -0.819. The van der Waals surface area contributed by atoms with E-state index in [2.05, 4.69) is 5.32 Å². The predicted molar refractivity (Wildman–Crippen MR) is 90.9 cm³/mol. The number of hydrogen-bond acceptors (Lipinski definition) is 4. The summed E-state index contributed by atoms with van der Waals surface area (Å²) >= 11 is 0. The second-order valence-corrected chi connectivity index (χ2v) is 7.03. The normalized spacial score (nSPS) is 11.2. The molecule has 0 fully saturated rings. The third-order valence-corrected chi connectivity index (χ3v) is 4.22. The summed E-state index contributed by atoms with van der Waals surface area (Å²) in [6.07, 6.45) is -0.0375. The number of primary sulfonamides is 1. The minimum atomic E-state index is -3.89. The first-order chi connectivity index (χ1) is 11.2. The SMILES string of the molecule is CN(C)c1ccc(S(N)(=O)=O)cc1NC(=O)Cc1cccc(F)c1. The molecule has 8 heteroatoms. The first-order valence-corrected chi connectivity index (χ1v) is 8.60. The topological polar surface area (TPSA) is 92.5 Å². The van der Waals surface area contributed by atoms with Crippen molar-refractivity contribution in [1.82, 2.24) is 0 Å². The molecule has 0 saturated heterocycles. The first-order valence-electron chi connectivity index (χ1n) is 7.05. The number of nitrogens with two attached hydrogens (primary N) is 1. The van der Waals surface area contributed by atoms with E-state index in [1.54, 1.807) is 31.1 Å². The number of anilines is 2. The number of carbonyl (C=O) groups excluding carboxylic acids is 1. The van der Waals surface area contributed by atoms with Crippen LogP contribution in [0, 0.1) is 5.82 Å².